The Labute approximate surface area is 146 Å². The first kappa shape index (κ1) is 15.9. The molecular formula is C19H16Cl2N2. The van der Waals surface area contributed by atoms with Gasteiger partial charge in [-0.15, -0.1) is 0 Å². The highest BCUT2D eigenvalue weighted by atomic mass is 35.5. The van der Waals surface area contributed by atoms with Gasteiger partial charge in [-0.05, 0) is 50.2 Å². The molecule has 3 aromatic rings. The predicted octanol–water partition coefficient (Wildman–Crippen LogP) is 6.15. The van der Waals surface area contributed by atoms with Gasteiger partial charge in [-0.1, -0.05) is 41.4 Å². The molecule has 0 bridgehead atoms. The SMILES string of the molecule is Cc1cc(C=Nc2ccc(Cl)cc2Cl)c(C)n1-c1ccccc1. The molecule has 23 heavy (non-hydrogen) atoms. The van der Waals surface area contributed by atoms with Crippen molar-refractivity contribution in [3.05, 3.63) is 81.6 Å². The Morgan fingerprint density at radius 1 is 0.957 bits per heavy atom. The summed E-state index contributed by atoms with van der Waals surface area (Å²) in [6.45, 7) is 4.18. The minimum Gasteiger partial charge on any atom is -0.318 e. The van der Waals surface area contributed by atoms with Crippen LogP contribution >= 0.6 is 23.2 Å². The van der Waals surface area contributed by atoms with Gasteiger partial charge in [0.1, 0.15) is 0 Å². The zero-order chi connectivity index (χ0) is 16.4. The Hall–Kier alpha value is -2.03. The fourth-order valence-electron chi connectivity index (χ4n) is 2.62. The quantitative estimate of drug-likeness (QED) is 0.507. The van der Waals surface area contributed by atoms with Gasteiger partial charge in [0.15, 0.2) is 0 Å². The van der Waals surface area contributed by atoms with Gasteiger partial charge < -0.3 is 4.57 Å². The average Bonchev–Trinajstić information content (AvgIpc) is 2.81. The van der Waals surface area contributed by atoms with E-state index in [9.17, 15) is 0 Å². The van der Waals surface area contributed by atoms with E-state index in [1.165, 1.54) is 0 Å². The summed E-state index contributed by atoms with van der Waals surface area (Å²) < 4.78 is 2.21. The van der Waals surface area contributed by atoms with Crippen molar-refractivity contribution in [3.63, 3.8) is 0 Å². The zero-order valence-electron chi connectivity index (χ0n) is 12.9. The maximum atomic E-state index is 6.16. The number of halogens is 2. The number of benzene rings is 2. The van der Waals surface area contributed by atoms with E-state index in [1.807, 2.05) is 30.5 Å². The Morgan fingerprint density at radius 2 is 1.70 bits per heavy atom. The van der Waals surface area contributed by atoms with Crippen LogP contribution in [0.4, 0.5) is 5.69 Å². The summed E-state index contributed by atoms with van der Waals surface area (Å²) in [7, 11) is 0. The molecule has 0 spiro atoms. The van der Waals surface area contributed by atoms with Crippen molar-refractivity contribution in [1.82, 2.24) is 4.57 Å². The summed E-state index contributed by atoms with van der Waals surface area (Å²) in [5.41, 5.74) is 5.23. The minimum atomic E-state index is 0.547. The Kier molecular flexibility index (Phi) is 4.56. The molecule has 0 unspecified atom stereocenters. The molecule has 2 aromatic carbocycles. The molecule has 0 saturated carbocycles. The van der Waals surface area contributed by atoms with Gasteiger partial charge in [-0.25, -0.2) is 0 Å². The summed E-state index contributed by atoms with van der Waals surface area (Å²) in [5.74, 6) is 0. The number of aromatic nitrogens is 1. The third-order valence-electron chi connectivity index (χ3n) is 3.74. The second-order valence-corrected chi connectivity index (χ2v) is 6.19. The Morgan fingerprint density at radius 3 is 2.39 bits per heavy atom. The normalized spacial score (nSPS) is 11.3. The van der Waals surface area contributed by atoms with Crippen LogP contribution in [-0.4, -0.2) is 10.8 Å². The smallest absolute Gasteiger partial charge is 0.0817 e. The van der Waals surface area contributed by atoms with Crippen molar-refractivity contribution in [1.29, 1.82) is 0 Å². The maximum absolute atomic E-state index is 6.16. The highest BCUT2D eigenvalue weighted by molar-refractivity contribution is 6.36. The molecule has 0 aliphatic heterocycles. The van der Waals surface area contributed by atoms with Gasteiger partial charge in [0.25, 0.3) is 0 Å². The second-order valence-electron chi connectivity index (χ2n) is 5.35. The van der Waals surface area contributed by atoms with Crippen LogP contribution in [0.2, 0.25) is 10.0 Å². The molecule has 116 valence electrons. The fraction of sp³-hybridized carbons (Fsp3) is 0.105. The van der Waals surface area contributed by atoms with Crippen LogP contribution in [0.5, 0.6) is 0 Å². The monoisotopic (exact) mass is 342 g/mol. The number of aliphatic imine (C=N–C) groups is 1. The molecule has 0 amide bonds. The molecule has 0 fully saturated rings. The van der Waals surface area contributed by atoms with Crippen molar-refractivity contribution >= 4 is 35.1 Å². The Bertz CT molecular complexity index is 865. The minimum absolute atomic E-state index is 0.547. The van der Waals surface area contributed by atoms with E-state index in [4.69, 9.17) is 23.2 Å². The highest BCUT2D eigenvalue weighted by Crippen LogP contribution is 2.28. The molecule has 0 atom stereocenters. The van der Waals surface area contributed by atoms with E-state index in [0.29, 0.717) is 15.7 Å². The lowest BCUT2D eigenvalue weighted by Gasteiger charge is -2.09. The number of para-hydroxylation sites is 1. The molecule has 4 heteroatoms. The van der Waals surface area contributed by atoms with Gasteiger partial charge in [0.2, 0.25) is 0 Å². The van der Waals surface area contributed by atoms with Crippen LogP contribution < -0.4 is 0 Å². The van der Waals surface area contributed by atoms with E-state index < -0.39 is 0 Å². The van der Waals surface area contributed by atoms with Crippen molar-refractivity contribution < 1.29 is 0 Å². The van der Waals surface area contributed by atoms with Crippen molar-refractivity contribution in [2.45, 2.75) is 13.8 Å². The van der Waals surface area contributed by atoms with E-state index in [0.717, 1.165) is 22.6 Å². The van der Waals surface area contributed by atoms with Crippen LogP contribution in [0.3, 0.4) is 0 Å². The molecule has 2 nitrogen and oxygen atoms in total. The first-order valence-electron chi connectivity index (χ1n) is 7.30. The first-order valence-corrected chi connectivity index (χ1v) is 8.05. The zero-order valence-corrected chi connectivity index (χ0v) is 14.4. The molecule has 1 aromatic heterocycles. The van der Waals surface area contributed by atoms with E-state index in [1.54, 1.807) is 12.1 Å². The standard InChI is InChI=1S/C19H16Cl2N2/c1-13-10-15(12-22-19-9-8-16(20)11-18(19)21)14(2)23(13)17-6-4-3-5-7-17/h3-12H,1-2H3. The van der Waals surface area contributed by atoms with E-state index in [-0.39, 0.29) is 0 Å². The molecule has 0 saturated heterocycles. The van der Waals surface area contributed by atoms with Crippen molar-refractivity contribution in [3.8, 4) is 5.69 Å². The molecule has 0 aliphatic carbocycles. The molecule has 1 heterocycles. The largest absolute Gasteiger partial charge is 0.318 e. The molecule has 3 rings (SSSR count). The molecule has 0 aliphatic rings. The lowest BCUT2D eigenvalue weighted by molar-refractivity contribution is 0.965. The van der Waals surface area contributed by atoms with Crippen LogP contribution in [-0.2, 0) is 0 Å². The summed E-state index contributed by atoms with van der Waals surface area (Å²) in [6, 6.07) is 17.7. The second kappa shape index (κ2) is 6.61. The number of hydrogen-bond acceptors (Lipinski definition) is 1. The van der Waals surface area contributed by atoms with Crippen LogP contribution in [0.25, 0.3) is 5.69 Å². The number of hydrogen-bond donors (Lipinski definition) is 0. The van der Waals surface area contributed by atoms with E-state index >= 15 is 0 Å². The highest BCUT2D eigenvalue weighted by Gasteiger charge is 2.09. The van der Waals surface area contributed by atoms with Crippen LogP contribution in [0.15, 0.2) is 59.6 Å². The number of aryl methyl sites for hydroxylation is 1. The maximum Gasteiger partial charge on any atom is 0.0817 e. The fourth-order valence-corrected chi connectivity index (χ4v) is 3.08. The summed E-state index contributed by atoms with van der Waals surface area (Å²) in [4.78, 5) is 4.50. The first-order chi connectivity index (χ1) is 11.1. The summed E-state index contributed by atoms with van der Waals surface area (Å²) in [5, 5.41) is 1.15. The topological polar surface area (TPSA) is 17.3 Å². The van der Waals surface area contributed by atoms with Gasteiger partial charge in [-0.2, -0.15) is 0 Å². The third kappa shape index (κ3) is 3.34. The lowest BCUT2D eigenvalue weighted by atomic mass is 10.2. The van der Waals surface area contributed by atoms with Gasteiger partial charge in [-0.3, -0.25) is 4.99 Å². The predicted molar refractivity (Wildman–Crippen MR) is 99.0 cm³/mol. The van der Waals surface area contributed by atoms with Crippen LogP contribution in [0, 0.1) is 13.8 Å². The summed E-state index contributed by atoms with van der Waals surface area (Å²) in [6.07, 6.45) is 1.84. The van der Waals surface area contributed by atoms with Crippen molar-refractivity contribution in [2.24, 2.45) is 4.99 Å². The molecular weight excluding hydrogens is 327 g/mol. The number of nitrogens with zero attached hydrogens (tertiary/aromatic N) is 2. The summed E-state index contributed by atoms with van der Waals surface area (Å²) >= 11 is 12.1. The van der Waals surface area contributed by atoms with Crippen molar-refractivity contribution in [2.75, 3.05) is 0 Å². The third-order valence-corrected chi connectivity index (χ3v) is 4.27. The lowest BCUT2D eigenvalue weighted by Crippen LogP contribution is -1.98. The van der Waals surface area contributed by atoms with Gasteiger partial charge in [0.05, 0.1) is 10.7 Å². The Balaban J connectivity index is 1.97. The molecule has 0 N–H and O–H groups in total. The van der Waals surface area contributed by atoms with Gasteiger partial charge >= 0.3 is 0 Å². The molecule has 0 radical (unpaired) electrons. The van der Waals surface area contributed by atoms with Gasteiger partial charge in [0, 0.05) is 33.9 Å². The number of rotatable bonds is 3. The van der Waals surface area contributed by atoms with E-state index in [2.05, 4.69) is 41.6 Å². The van der Waals surface area contributed by atoms with Crippen LogP contribution in [0.1, 0.15) is 17.0 Å². The average molecular weight is 343 g/mol.